The molecule has 1 amide bonds. The van der Waals surface area contributed by atoms with E-state index in [0.29, 0.717) is 11.6 Å². The maximum absolute atomic E-state index is 12.6. The smallest absolute Gasteiger partial charge is 0.227 e. The van der Waals surface area contributed by atoms with Crippen LogP contribution in [0, 0.1) is 5.92 Å². The molecule has 2 rings (SSSR count). The van der Waals surface area contributed by atoms with Gasteiger partial charge in [-0.25, -0.2) is 0 Å². The van der Waals surface area contributed by atoms with E-state index in [1.165, 1.54) is 0 Å². The standard InChI is InChI=1S/C19H23ClN2O.ClH/c1-13(2)18(15-4-3-5-16(20)12-15)19(23)22-11-10-14-6-8-17(21)9-7-14;/h3-9,12-13,18H,10-11,21H2,1-2H3,(H,22,23);1H. The van der Waals surface area contributed by atoms with Crippen molar-refractivity contribution in [2.24, 2.45) is 5.92 Å². The Morgan fingerprint density at radius 2 is 1.83 bits per heavy atom. The van der Waals surface area contributed by atoms with Gasteiger partial charge in [0.2, 0.25) is 5.91 Å². The molecule has 5 heteroatoms. The van der Waals surface area contributed by atoms with Gasteiger partial charge in [-0.3, -0.25) is 4.79 Å². The summed E-state index contributed by atoms with van der Waals surface area (Å²) in [5.74, 6) is 0.0443. The quantitative estimate of drug-likeness (QED) is 0.742. The maximum atomic E-state index is 12.6. The number of carbonyl (C=O) groups is 1. The van der Waals surface area contributed by atoms with Gasteiger partial charge in [-0.15, -0.1) is 12.4 Å². The van der Waals surface area contributed by atoms with E-state index in [4.69, 9.17) is 17.3 Å². The molecule has 0 fully saturated rings. The summed E-state index contributed by atoms with van der Waals surface area (Å²) in [6, 6.07) is 15.2. The molecule has 3 nitrogen and oxygen atoms in total. The molecule has 0 aliphatic carbocycles. The molecule has 1 atom stereocenters. The van der Waals surface area contributed by atoms with Crippen LogP contribution >= 0.6 is 24.0 Å². The minimum Gasteiger partial charge on any atom is -0.399 e. The van der Waals surface area contributed by atoms with Crippen molar-refractivity contribution in [2.75, 3.05) is 12.3 Å². The third-order valence-electron chi connectivity index (χ3n) is 3.85. The highest BCUT2D eigenvalue weighted by Crippen LogP contribution is 2.26. The van der Waals surface area contributed by atoms with Crippen LogP contribution in [-0.2, 0) is 11.2 Å². The first kappa shape index (κ1) is 20.3. The molecule has 0 spiro atoms. The largest absolute Gasteiger partial charge is 0.399 e. The summed E-state index contributed by atoms with van der Waals surface area (Å²) < 4.78 is 0. The van der Waals surface area contributed by atoms with E-state index in [1.54, 1.807) is 0 Å². The van der Waals surface area contributed by atoms with E-state index in [0.717, 1.165) is 23.2 Å². The van der Waals surface area contributed by atoms with E-state index in [1.807, 2.05) is 62.4 Å². The van der Waals surface area contributed by atoms with Crippen molar-refractivity contribution in [1.29, 1.82) is 0 Å². The number of carbonyl (C=O) groups excluding carboxylic acids is 1. The average molecular weight is 367 g/mol. The SMILES string of the molecule is CC(C)C(C(=O)NCCc1ccc(N)cc1)c1cccc(Cl)c1.Cl. The molecule has 1 unspecified atom stereocenters. The summed E-state index contributed by atoms with van der Waals surface area (Å²) in [5, 5.41) is 3.69. The summed E-state index contributed by atoms with van der Waals surface area (Å²) in [5.41, 5.74) is 8.53. The molecule has 0 saturated carbocycles. The molecule has 2 aromatic rings. The Bertz CT molecular complexity index is 657. The number of halogens is 2. The number of benzene rings is 2. The van der Waals surface area contributed by atoms with Gasteiger partial charge in [-0.05, 0) is 47.7 Å². The van der Waals surface area contributed by atoms with Gasteiger partial charge in [-0.2, -0.15) is 0 Å². The lowest BCUT2D eigenvalue weighted by Crippen LogP contribution is -2.33. The summed E-state index contributed by atoms with van der Waals surface area (Å²) in [6.45, 7) is 4.70. The number of amides is 1. The van der Waals surface area contributed by atoms with Crippen LogP contribution < -0.4 is 11.1 Å². The zero-order valence-electron chi connectivity index (χ0n) is 14.0. The van der Waals surface area contributed by atoms with Gasteiger partial charge >= 0.3 is 0 Å². The highest BCUT2D eigenvalue weighted by Gasteiger charge is 2.23. The lowest BCUT2D eigenvalue weighted by atomic mass is 9.87. The lowest BCUT2D eigenvalue weighted by Gasteiger charge is -2.21. The Kier molecular flexibility index (Phi) is 8.09. The van der Waals surface area contributed by atoms with Crippen LogP contribution in [0.25, 0.3) is 0 Å². The van der Waals surface area contributed by atoms with Crippen LogP contribution in [-0.4, -0.2) is 12.5 Å². The Hall–Kier alpha value is -1.71. The van der Waals surface area contributed by atoms with Crippen molar-refractivity contribution in [1.82, 2.24) is 5.32 Å². The monoisotopic (exact) mass is 366 g/mol. The molecule has 0 aliphatic rings. The number of hydrogen-bond donors (Lipinski definition) is 2. The molecule has 0 saturated heterocycles. The Labute approximate surface area is 155 Å². The van der Waals surface area contributed by atoms with Gasteiger partial charge < -0.3 is 11.1 Å². The Morgan fingerprint density at radius 1 is 1.17 bits per heavy atom. The van der Waals surface area contributed by atoms with Crippen molar-refractivity contribution < 1.29 is 4.79 Å². The van der Waals surface area contributed by atoms with Gasteiger partial charge in [0.25, 0.3) is 0 Å². The van der Waals surface area contributed by atoms with Crippen LogP contribution in [0.4, 0.5) is 5.69 Å². The van der Waals surface area contributed by atoms with Crippen LogP contribution in [0.3, 0.4) is 0 Å². The molecular formula is C19H24Cl2N2O. The van der Waals surface area contributed by atoms with Crippen LogP contribution in [0.2, 0.25) is 5.02 Å². The van der Waals surface area contributed by atoms with Gasteiger partial charge in [0.1, 0.15) is 0 Å². The van der Waals surface area contributed by atoms with E-state index >= 15 is 0 Å². The highest BCUT2D eigenvalue weighted by molar-refractivity contribution is 6.30. The number of anilines is 1. The number of nitrogens with two attached hydrogens (primary N) is 1. The van der Waals surface area contributed by atoms with Crippen molar-refractivity contribution in [3.05, 3.63) is 64.7 Å². The first-order chi connectivity index (χ1) is 11.0. The van der Waals surface area contributed by atoms with E-state index in [9.17, 15) is 4.79 Å². The summed E-state index contributed by atoms with van der Waals surface area (Å²) in [7, 11) is 0. The molecule has 130 valence electrons. The third-order valence-corrected chi connectivity index (χ3v) is 4.08. The Balaban J connectivity index is 0.00000288. The van der Waals surface area contributed by atoms with Gasteiger partial charge in [0, 0.05) is 17.3 Å². The number of nitrogens with one attached hydrogen (secondary N) is 1. The minimum atomic E-state index is -0.194. The summed E-state index contributed by atoms with van der Waals surface area (Å²) in [4.78, 5) is 12.6. The van der Waals surface area contributed by atoms with Gasteiger partial charge in [-0.1, -0.05) is 49.7 Å². The van der Waals surface area contributed by atoms with Crippen LogP contribution in [0.1, 0.15) is 30.9 Å². The molecule has 0 heterocycles. The van der Waals surface area contributed by atoms with E-state index in [-0.39, 0.29) is 30.2 Å². The normalized spacial score (nSPS) is 11.7. The first-order valence-corrected chi connectivity index (χ1v) is 8.22. The minimum absolute atomic E-state index is 0. The average Bonchev–Trinajstić information content (AvgIpc) is 2.49. The molecule has 0 aliphatic heterocycles. The van der Waals surface area contributed by atoms with Crippen molar-refractivity contribution in [2.45, 2.75) is 26.2 Å². The fourth-order valence-corrected chi connectivity index (χ4v) is 2.86. The van der Waals surface area contributed by atoms with Crippen molar-refractivity contribution in [3.8, 4) is 0 Å². The molecular weight excluding hydrogens is 343 g/mol. The molecule has 24 heavy (non-hydrogen) atoms. The summed E-state index contributed by atoms with van der Waals surface area (Å²) in [6.07, 6.45) is 0.784. The zero-order valence-corrected chi connectivity index (χ0v) is 15.5. The second-order valence-electron chi connectivity index (χ2n) is 6.06. The highest BCUT2D eigenvalue weighted by atomic mass is 35.5. The van der Waals surface area contributed by atoms with E-state index in [2.05, 4.69) is 5.32 Å². The topological polar surface area (TPSA) is 55.1 Å². The predicted octanol–water partition coefficient (Wildman–Crippen LogP) is 4.44. The van der Waals surface area contributed by atoms with Crippen molar-refractivity contribution in [3.63, 3.8) is 0 Å². The fraction of sp³-hybridized carbons (Fsp3) is 0.316. The fourth-order valence-electron chi connectivity index (χ4n) is 2.66. The summed E-state index contributed by atoms with van der Waals surface area (Å²) >= 11 is 6.05. The van der Waals surface area contributed by atoms with Gasteiger partial charge in [0.15, 0.2) is 0 Å². The second-order valence-corrected chi connectivity index (χ2v) is 6.50. The predicted molar refractivity (Wildman–Crippen MR) is 104 cm³/mol. The first-order valence-electron chi connectivity index (χ1n) is 7.85. The Morgan fingerprint density at radius 3 is 2.42 bits per heavy atom. The third kappa shape index (κ3) is 5.73. The second kappa shape index (κ2) is 9.55. The maximum Gasteiger partial charge on any atom is 0.227 e. The molecule has 2 aromatic carbocycles. The molecule has 3 N–H and O–H groups in total. The van der Waals surface area contributed by atoms with Crippen molar-refractivity contribution >= 4 is 35.6 Å². The molecule has 0 aromatic heterocycles. The number of rotatable bonds is 6. The van der Waals surface area contributed by atoms with Crippen LogP contribution in [0.5, 0.6) is 0 Å². The van der Waals surface area contributed by atoms with Gasteiger partial charge in [0.05, 0.1) is 5.92 Å². The zero-order chi connectivity index (χ0) is 16.8. The molecule has 0 bridgehead atoms. The van der Waals surface area contributed by atoms with E-state index < -0.39 is 0 Å². The lowest BCUT2D eigenvalue weighted by molar-refractivity contribution is -0.123. The number of nitrogen functional groups attached to an aromatic ring is 1. The van der Waals surface area contributed by atoms with Crippen LogP contribution in [0.15, 0.2) is 48.5 Å². The number of hydrogen-bond acceptors (Lipinski definition) is 2. The molecule has 0 radical (unpaired) electrons.